The number of amides is 1. The van der Waals surface area contributed by atoms with Crippen LogP contribution in [0.3, 0.4) is 0 Å². The number of aromatic nitrogens is 2. The predicted octanol–water partition coefficient (Wildman–Crippen LogP) is 5.82. The first-order valence-corrected chi connectivity index (χ1v) is 12.7. The molecular weight excluding hydrogens is 479 g/mol. The van der Waals surface area contributed by atoms with Gasteiger partial charge in [-0.25, -0.2) is 9.07 Å². The van der Waals surface area contributed by atoms with Crippen LogP contribution in [0.25, 0.3) is 17.1 Å². The molecule has 0 spiro atoms. The van der Waals surface area contributed by atoms with Crippen molar-refractivity contribution in [1.29, 1.82) is 0 Å². The van der Waals surface area contributed by atoms with Gasteiger partial charge in [0.1, 0.15) is 17.2 Å². The number of hydrogen-bond acceptors (Lipinski definition) is 4. The third kappa shape index (κ3) is 4.76. The number of carbonyl (C=O) groups excluding carboxylic acids is 1. The first-order valence-electron chi connectivity index (χ1n) is 12.7. The molecule has 1 fully saturated rings. The number of nitrogens with zero attached hydrogens (tertiary/aromatic N) is 4. The molecule has 0 unspecified atom stereocenters. The third-order valence-electron chi connectivity index (χ3n) is 6.97. The van der Waals surface area contributed by atoms with Crippen LogP contribution in [0.4, 0.5) is 4.39 Å². The highest BCUT2D eigenvalue weighted by Crippen LogP contribution is 2.30. The maximum absolute atomic E-state index is 13.8. The molecule has 0 N–H and O–H groups in total. The fourth-order valence-electron chi connectivity index (χ4n) is 5.09. The van der Waals surface area contributed by atoms with Crippen molar-refractivity contribution < 1.29 is 13.6 Å². The summed E-state index contributed by atoms with van der Waals surface area (Å²) in [4.78, 5) is 18.1. The minimum Gasteiger partial charge on any atom is -0.463 e. The Balaban J connectivity index is 1.26. The highest BCUT2D eigenvalue weighted by Gasteiger charge is 2.30. The Morgan fingerprint density at radius 2 is 1.42 bits per heavy atom. The van der Waals surface area contributed by atoms with Crippen LogP contribution in [-0.2, 0) is 0 Å². The largest absolute Gasteiger partial charge is 0.463 e. The van der Waals surface area contributed by atoms with E-state index in [2.05, 4.69) is 58.5 Å². The average Bonchev–Trinajstić information content (AvgIpc) is 3.66. The smallest absolute Gasteiger partial charge is 0.272 e. The van der Waals surface area contributed by atoms with Crippen LogP contribution >= 0.6 is 0 Å². The van der Waals surface area contributed by atoms with Crippen LogP contribution in [0, 0.1) is 5.82 Å². The second kappa shape index (κ2) is 10.5. The van der Waals surface area contributed by atoms with Gasteiger partial charge in [-0.15, -0.1) is 0 Å². The lowest BCUT2D eigenvalue weighted by atomic mass is 9.96. The van der Waals surface area contributed by atoms with Crippen molar-refractivity contribution in [3.05, 3.63) is 132 Å². The molecule has 3 aromatic carbocycles. The molecule has 0 bridgehead atoms. The molecule has 6 nitrogen and oxygen atoms in total. The highest BCUT2D eigenvalue weighted by atomic mass is 19.1. The fourth-order valence-corrected chi connectivity index (χ4v) is 5.09. The molecule has 1 amide bonds. The van der Waals surface area contributed by atoms with E-state index in [4.69, 9.17) is 4.42 Å². The van der Waals surface area contributed by atoms with Crippen molar-refractivity contribution in [3.63, 3.8) is 0 Å². The van der Waals surface area contributed by atoms with Crippen molar-refractivity contribution in [1.82, 2.24) is 19.6 Å². The van der Waals surface area contributed by atoms with E-state index in [9.17, 15) is 9.18 Å². The first-order chi connectivity index (χ1) is 18.7. The molecule has 38 heavy (non-hydrogen) atoms. The van der Waals surface area contributed by atoms with Crippen molar-refractivity contribution in [3.8, 4) is 17.1 Å². The average molecular weight is 507 g/mol. The van der Waals surface area contributed by atoms with Crippen molar-refractivity contribution in [2.45, 2.75) is 6.04 Å². The lowest BCUT2D eigenvalue weighted by molar-refractivity contribution is 0.0589. The minimum absolute atomic E-state index is 0.116. The van der Waals surface area contributed by atoms with Gasteiger partial charge in [0.2, 0.25) is 0 Å². The van der Waals surface area contributed by atoms with Gasteiger partial charge in [0.05, 0.1) is 18.0 Å². The third-order valence-corrected chi connectivity index (χ3v) is 6.97. The van der Waals surface area contributed by atoms with Crippen LogP contribution < -0.4 is 0 Å². The highest BCUT2D eigenvalue weighted by molar-refractivity contribution is 5.94. The van der Waals surface area contributed by atoms with Crippen molar-refractivity contribution >= 4 is 5.91 Å². The van der Waals surface area contributed by atoms with E-state index in [1.54, 1.807) is 41.3 Å². The van der Waals surface area contributed by atoms with Crippen molar-refractivity contribution in [2.24, 2.45) is 0 Å². The molecule has 2 aromatic heterocycles. The van der Waals surface area contributed by atoms with Crippen LogP contribution in [0.5, 0.6) is 0 Å². The topological polar surface area (TPSA) is 54.5 Å². The number of halogens is 1. The van der Waals surface area contributed by atoms with E-state index in [1.807, 2.05) is 17.0 Å². The summed E-state index contributed by atoms with van der Waals surface area (Å²) in [6, 6.07) is 32.4. The van der Waals surface area contributed by atoms with Crippen LogP contribution in [0.1, 0.15) is 27.7 Å². The van der Waals surface area contributed by atoms with Crippen LogP contribution in [0.15, 0.2) is 114 Å². The Bertz CT molecular complexity index is 1450. The molecule has 0 saturated carbocycles. The van der Waals surface area contributed by atoms with Gasteiger partial charge in [-0.05, 0) is 47.5 Å². The van der Waals surface area contributed by atoms with Gasteiger partial charge in [-0.3, -0.25) is 9.69 Å². The summed E-state index contributed by atoms with van der Waals surface area (Å²) in [5, 5.41) is 4.63. The second-order valence-electron chi connectivity index (χ2n) is 9.33. The summed E-state index contributed by atoms with van der Waals surface area (Å²) >= 11 is 0. The molecule has 0 radical (unpaired) electrons. The minimum atomic E-state index is -0.345. The van der Waals surface area contributed by atoms with Crippen LogP contribution in [0.2, 0.25) is 0 Å². The molecular formula is C31H27FN4O2. The normalized spacial score (nSPS) is 14.2. The zero-order valence-electron chi connectivity index (χ0n) is 20.8. The fraction of sp³-hybridized carbons (Fsp3) is 0.161. The monoisotopic (exact) mass is 506 g/mol. The van der Waals surface area contributed by atoms with Crippen LogP contribution in [-0.4, -0.2) is 51.7 Å². The molecule has 0 aliphatic carbocycles. The molecule has 1 aliphatic rings. The number of rotatable bonds is 6. The van der Waals surface area contributed by atoms with Gasteiger partial charge < -0.3 is 9.32 Å². The number of benzene rings is 3. The molecule has 1 saturated heterocycles. The number of hydrogen-bond donors (Lipinski definition) is 0. The quantitative estimate of drug-likeness (QED) is 0.291. The zero-order valence-corrected chi connectivity index (χ0v) is 20.8. The van der Waals surface area contributed by atoms with Gasteiger partial charge in [0.15, 0.2) is 5.76 Å². The van der Waals surface area contributed by atoms with E-state index in [-0.39, 0.29) is 17.8 Å². The molecule has 3 heterocycles. The van der Waals surface area contributed by atoms with E-state index < -0.39 is 0 Å². The summed E-state index contributed by atoms with van der Waals surface area (Å²) in [6.45, 7) is 2.63. The molecule has 7 heteroatoms. The summed E-state index contributed by atoms with van der Waals surface area (Å²) in [5.41, 5.74) is 4.04. The SMILES string of the molecule is O=C(c1cc(-c2ccco2)nn1-c1ccc(F)cc1)N1CCN(C(c2ccccc2)c2ccccc2)CC1. The Hall–Kier alpha value is -4.49. The Labute approximate surface area is 220 Å². The van der Waals surface area contributed by atoms with E-state index in [0.29, 0.717) is 35.9 Å². The maximum Gasteiger partial charge on any atom is 0.272 e. The number of furan rings is 1. The lowest BCUT2D eigenvalue weighted by Crippen LogP contribution is -2.50. The maximum atomic E-state index is 13.8. The van der Waals surface area contributed by atoms with Gasteiger partial charge in [0, 0.05) is 32.2 Å². The first kappa shape index (κ1) is 23.9. The zero-order chi connectivity index (χ0) is 25.9. The summed E-state index contributed by atoms with van der Waals surface area (Å²) in [7, 11) is 0. The summed E-state index contributed by atoms with van der Waals surface area (Å²) in [5.74, 6) is 0.107. The second-order valence-corrected chi connectivity index (χ2v) is 9.33. The Morgan fingerprint density at radius 1 is 0.789 bits per heavy atom. The summed E-state index contributed by atoms with van der Waals surface area (Å²) < 4.78 is 20.7. The van der Waals surface area contributed by atoms with E-state index in [0.717, 1.165) is 13.1 Å². The predicted molar refractivity (Wildman–Crippen MR) is 143 cm³/mol. The number of piperazine rings is 1. The van der Waals surface area contributed by atoms with Gasteiger partial charge in [-0.2, -0.15) is 5.10 Å². The molecule has 5 aromatic rings. The van der Waals surface area contributed by atoms with Gasteiger partial charge in [-0.1, -0.05) is 60.7 Å². The standard InChI is InChI=1S/C31H27FN4O2/c32-25-13-15-26(16-14-25)36-28(22-27(33-36)29-12-7-21-38-29)31(37)35-19-17-34(18-20-35)30(23-8-3-1-4-9-23)24-10-5-2-6-11-24/h1-16,21-22,30H,17-20H2. The number of carbonyl (C=O) groups is 1. The Kier molecular flexibility index (Phi) is 6.58. The van der Waals surface area contributed by atoms with Gasteiger partial charge in [0.25, 0.3) is 5.91 Å². The Morgan fingerprint density at radius 3 is 2.00 bits per heavy atom. The molecule has 1 aliphatic heterocycles. The molecule has 190 valence electrons. The van der Waals surface area contributed by atoms with Gasteiger partial charge >= 0.3 is 0 Å². The van der Waals surface area contributed by atoms with E-state index >= 15 is 0 Å². The van der Waals surface area contributed by atoms with Crippen molar-refractivity contribution in [2.75, 3.05) is 26.2 Å². The van der Waals surface area contributed by atoms with E-state index in [1.165, 1.54) is 23.3 Å². The summed E-state index contributed by atoms with van der Waals surface area (Å²) in [6.07, 6.45) is 1.57. The molecule has 0 atom stereocenters. The lowest BCUT2D eigenvalue weighted by Gasteiger charge is -2.39. The molecule has 6 rings (SSSR count).